The Morgan fingerprint density at radius 1 is 1.21 bits per heavy atom. The topological polar surface area (TPSA) is 63.8 Å². The Labute approximate surface area is 166 Å². The Morgan fingerprint density at radius 2 is 1.96 bits per heavy atom. The van der Waals surface area contributed by atoms with E-state index in [9.17, 15) is 4.79 Å². The first kappa shape index (κ1) is 18.8. The van der Waals surface area contributed by atoms with Gasteiger partial charge >= 0.3 is 0 Å². The molecule has 1 aliphatic carbocycles. The second-order valence-corrected chi connectivity index (χ2v) is 7.73. The quantitative estimate of drug-likeness (QED) is 0.789. The lowest BCUT2D eigenvalue weighted by Crippen LogP contribution is -3.15. The Hall–Kier alpha value is -2.54. The number of amides is 1. The fraction of sp³-hybridized carbons (Fsp3) is 0.524. The number of quaternary nitrogens is 1. The van der Waals surface area contributed by atoms with Gasteiger partial charge in [-0.3, -0.25) is 4.79 Å². The molecular formula is C21H30N5O2+. The zero-order chi connectivity index (χ0) is 19.3. The number of carbonyl (C=O) groups excluding carboxylic acids is 1. The van der Waals surface area contributed by atoms with Gasteiger partial charge in [0.05, 0.1) is 51.2 Å². The molecule has 1 aromatic carbocycles. The average Bonchev–Trinajstić information content (AvgIpc) is 3.40. The summed E-state index contributed by atoms with van der Waals surface area (Å²) in [5.74, 6) is 1.81. The molecule has 7 nitrogen and oxygen atoms in total. The molecule has 1 saturated heterocycles. The zero-order valence-corrected chi connectivity index (χ0v) is 16.6. The molecule has 0 unspecified atom stereocenters. The molecule has 0 spiro atoms. The third-order valence-corrected chi connectivity index (χ3v) is 5.92. The SMILES string of the molecule is COc1ccccc1N1CC[NH+](CC(=O)Nc2ccnn2C2CCCC2)CC1. The predicted molar refractivity (Wildman–Crippen MR) is 109 cm³/mol. The minimum atomic E-state index is 0.0699. The lowest BCUT2D eigenvalue weighted by atomic mass is 10.2. The van der Waals surface area contributed by atoms with Gasteiger partial charge in [-0.05, 0) is 25.0 Å². The van der Waals surface area contributed by atoms with Crippen LogP contribution in [-0.4, -0.2) is 55.5 Å². The third kappa shape index (κ3) is 4.14. The van der Waals surface area contributed by atoms with E-state index in [0.29, 0.717) is 12.6 Å². The number of nitrogens with zero attached hydrogens (tertiary/aromatic N) is 3. The first-order chi connectivity index (χ1) is 13.7. The fourth-order valence-electron chi connectivity index (χ4n) is 4.40. The number of carbonyl (C=O) groups is 1. The molecule has 4 rings (SSSR count). The predicted octanol–water partition coefficient (Wildman–Crippen LogP) is 1.35. The van der Waals surface area contributed by atoms with E-state index in [1.54, 1.807) is 13.3 Å². The molecule has 2 fully saturated rings. The Bertz CT molecular complexity index is 792. The highest BCUT2D eigenvalue weighted by atomic mass is 16.5. The largest absolute Gasteiger partial charge is 0.495 e. The molecule has 2 N–H and O–H groups in total. The zero-order valence-electron chi connectivity index (χ0n) is 16.6. The highest BCUT2D eigenvalue weighted by molar-refractivity contribution is 5.90. The molecule has 0 radical (unpaired) electrons. The molecule has 1 aliphatic heterocycles. The van der Waals surface area contributed by atoms with E-state index in [1.165, 1.54) is 17.7 Å². The van der Waals surface area contributed by atoms with Crippen molar-refractivity contribution in [2.45, 2.75) is 31.7 Å². The Kier molecular flexibility index (Phi) is 5.81. The summed E-state index contributed by atoms with van der Waals surface area (Å²) in [7, 11) is 1.71. The molecule has 0 bridgehead atoms. The maximum Gasteiger partial charge on any atom is 0.280 e. The molecular weight excluding hydrogens is 354 g/mol. The van der Waals surface area contributed by atoms with Crippen LogP contribution in [0.3, 0.4) is 0 Å². The Balaban J connectivity index is 1.29. The van der Waals surface area contributed by atoms with Gasteiger partial charge in [-0.25, -0.2) is 4.68 Å². The van der Waals surface area contributed by atoms with Gasteiger partial charge in [0.1, 0.15) is 11.6 Å². The molecule has 28 heavy (non-hydrogen) atoms. The van der Waals surface area contributed by atoms with Crippen molar-refractivity contribution < 1.29 is 14.4 Å². The van der Waals surface area contributed by atoms with Crippen LogP contribution in [0, 0.1) is 0 Å². The van der Waals surface area contributed by atoms with Gasteiger partial charge in [0, 0.05) is 6.07 Å². The number of anilines is 2. The summed E-state index contributed by atoms with van der Waals surface area (Å²) in [6.45, 7) is 4.21. The van der Waals surface area contributed by atoms with E-state index < -0.39 is 0 Å². The number of piperazine rings is 1. The first-order valence-corrected chi connectivity index (χ1v) is 10.3. The number of hydrogen-bond donors (Lipinski definition) is 2. The van der Waals surface area contributed by atoms with Crippen molar-refractivity contribution in [2.75, 3.05) is 50.1 Å². The van der Waals surface area contributed by atoms with Crippen LogP contribution >= 0.6 is 0 Å². The third-order valence-electron chi connectivity index (χ3n) is 5.92. The highest BCUT2D eigenvalue weighted by Crippen LogP contribution is 2.31. The number of ether oxygens (including phenoxy) is 1. The van der Waals surface area contributed by atoms with Crippen LogP contribution in [0.5, 0.6) is 5.75 Å². The summed E-state index contributed by atoms with van der Waals surface area (Å²) in [5, 5.41) is 7.52. The van der Waals surface area contributed by atoms with Crippen LogP contribution in [0.25, 0.3) is 0 Å². The summed E-state index contributed by atoms with van der Waals surface area (Å²) in [4.78, 5) is 16.2. The summed E-state index contributed by atoms with van der Waals surface area (Å²) in [6, 6.07) is 10.5. The summed E-state index contributed by atoms with van der Waals surface area (Å²) in [5.41, 5.74) is 1.13. The van der Waals surface area contributed by atoms with Crippen LogP contribution in [0.4, 0.5) is 11.5 Å². The van der Waals surface area contributed by atoms with Crippen molar-refractivity contribution in [1.29, 1.82) is 0 Å². The molecule has 2 heterocycles. The van der Waals surface area contributed by atoms with Crippen LogP contribution in [0.1, 0.15) is 31.7 Å². The van der Waals surface area contributed by atoms with Gasteiger partial charge in [0.2, 0.25) is 0 Å². The Morgan fingerprint density at radius 3 is 2.71 bits per heavy atom. The van der Waals surface area contributed by atoms with Crippen LogP contribution < -0.4 is 19.9 Å². The number of para-hydroxylation sites is 2. The molecule has 1 saturated carbocycles. The summed E-state index contributed by atoms with van der Waals surface area (Å²) < 4.78 is 7.48. The maximum atomic E-state index is 12.6. The lowest BCUT2D eigenvalue weighted by Gasteiger charge is -2.34. The average molecular weight is 385 g/mol. The number of benzene rings is 1. The van der Waals surface area contributed by atoms with E-state index in [-0.39, 0.29) is 5.91 Å². The maximum absolute atomic E-state index is 12.6. The number of methoxy groups -OCH3 is 1. The minimum Gasteiger partial charge on any atom is -0.495 e. The monoisotopic (exact) mass is 384 g/mol. The summed E-state index contributed by atoms with van der Waals surface area (Å²) >= 11 is 0. The number of rotatable bonds is 6. The van der Waals surface area contributed by atoms with Gasteiger partial charge in [0.25, 0.3) is 5.91 Å². The molecule has 1 aromatic heterocycles. The van der Waals surface area contributed by atoms with Gasteiger partial charge in [-0.2, -0.15) is 5.10 Å². The van der Waals surface area contributed by atoms with Crippen molar-refractivity contribution in [1.82, 2.24) is 9.78 Å². The molecule has 2 aromatic rings. The number of nitrogens with one attached hydrogen (secondary N) is 2. The van der Waals surface area contributed by atoms with E-state index >= 15 is 0 Å². The van der Waals surface area contributed by atoms with Crippen molar-refractivity contribution in [3.05, 3.63) is 36.5 Å². The van der Waals surface area contributed by atoms with Gasteiger partial charge in [-0.1, -0.05) is 25.0 Å². The lowest BCUT2D eigenvalue weighted by molar-refractivity contribution is -0.892. The minimum absolute atomic E-state index is 0.0699. The van der Waals surface area contributed by atoms with Crippen molar-refractivity contribution in [2.24, 2.45) is 0 Å². The second kappa shape index (κ2) is 8.65. The van der Waals surface area contributed by atoms with Crippen LogP contribution in [0.15, 0.2) is 36.5 Å². The molecule has 0 atom stereocenters. The van der Waals surface area contributed by atoms with Gasteiger partial charge in [-0.15, -0.1) is 0 Å². The molecule has 1 amide bonds. The standard InChI is InChI=1S/C21H29N5O2/c1-28-19-9-5-4-8-18(19)25-14-12-24(13-15-25)16-21(27)23-20-10-11-22-26(20)17-6-2-3-7-17/h4-5,8-11,17H,2-3,6-7,12-16H2,1H3,(H,23,27)/p+1. The smallest absolute Gasteiger partial charge is 0.280 e. The van der Waals surface area contributed by atoms with E-state index in [0.717, 1.165) is 56.3 Å². The van der Waals surface area contributed by atoms with Crippen LogP contribution in [-0.2, 0) is 4.79 Å². The van der Waals surface area contributed by atoms with Crippen LogP contribution in [0.2, 0.25) is 0 Å². The van der Waals surface area contributed by atoms with Gasteiger partial charge < -0.3 is 19.9 Å². The van der Waals surface area contributed by atoms with E-state index in [4.69, 9.17) is 4.74 Å². The number of hydrogen-bond acceptors (Lipinski definition) is 4. The fourth-order valence-corrected chi connectivity index (χ4v) is 4.40. The molecule has 2 aliphatic rings. The van der Waals surface area contributed by atoms with Crippen molar-refractivity contribution >= 4 is 17.4 Å². The number of aromatic nitrogens is 2. The molecule has 7 heteroatoms. The second-order valence-electron chi connectivity index (χ2n) is 7.73. The van der Waals surface area contributed by atoms with Crippen molar-refractivity contribution in [3.63, 3.8) is 0 Å². The van der Waals surface area contributed by atoms with E-state index in [1.807, 2.05) is 28.9 Å². The van der Waals surface area contributed by atoms with Crippen molar-refractivity contribution in [3.8, 4) is 5.75 Å². The van der Waals surface area contributed by atoms with Gasteiger partial charge in [0.15, 0.2) is 6.54 Å². The normalized spacial score (nSPS) is 18.4. The van der Waals surface area contributed by atoms with E-state index in [2.05, 4.69) is 21.4 Å². The summed E-state index contributed by atoms with van der Waals surface area (Å²) in [6.07, 6.45) is 6.59. The first-order valence-electron chi connectivity index (χ1n) is 10.3. The highest BCUT2D eigenvalue weighted by Gasteiger charge is 2.25. The molecule has 150 valence electrons.